The Hall–Kier alpha value is -3.17. The molecular formula is C10H9N5O5. The topological polar surface area (TPSA) is 150 Å². The SMILES string of the molecule is O=C(O)Cn1cc(NC(=O)c2c[nH]c(=O)[nH]c2=O)cn1. The fourth-order valence-electron chi connectivity index (χ4n) is 1.43. The first-order valence-electron chi connectivity index (χ1n) is 5.33. The molecule has 0 spiro atoms. The largest absolute Gasteiger partial charge is 0.480 e. The fraction of sp³-hybridized carbons (Fsp3) is 0.100. The van der Waals surface area contributed by atoms with E-state index in [1.165, 1.54) is 12.4 Å². The first-order valence-corrected chi connectivity index (χ1v) is 5.33. The van der Waals surface area contributed by atoms with Crippen LogP contribution in [0.3, 0.4) is 0 Å². The summed E-state index contributed by atoms with van der Waals surface area (Å²) in [5, 5.41) is 14.6. The predicted octanol–water partition coefficient (Wildman–Crippen LogP) is -1.40. The zero-order chi connectivity index (χ0) is 14.7. The van der Waals surface area contributed by atoms with Gasteiger partial charge in [-0.1, -0.05) is 0 Å². The van der Waals surface area contributed by atoms with Crippen molar-refractivity contribution in [2.24, 2.45) is 0 Å². The maximum Gasteiger partial charge on any atom is 0.325 e. The minimum Gasteiger partial charge on any atom is -0.480 e. The van der Waals surface area contributed by atoms with Gasteiger partial charge in [-0.05, 0) is 0 Å². The Labute approximate surface area is 110 Å². The van der Waals surface area contributed by atoms with Crippen LogP contribution in [0, 0.1) is 0 Å². The van der Waals surface area contributed by atoms with Crippen LogP contribution in [0.2, 0.25) is 0 Å². The van der Waals surface area contributed by atoms with Gasteiger partial charge >= 0.3 is 11.7 Å². The lowest BCUT2D eigenvalue weighted by molar-refractivity contribution is -0.137. The van der Waals surface area contributed by atoms with Crippen LogP contribution in [0.5, 0.6) is 0 Å². The molecule has 2 aromatic heterocycles. The molecule has 2 heterocycles. The van der Waals surface area contributed by atoms with Gasteiger partial charge in [-0.2, -0.15) is 5.10 Å². The van der Waals surface area contributed by atoms with E-state index in [2.05, 4.69) is 15.4 Å². The standard InChI is InChI=1S/C10H9N5O5/c16-7(17)4-15-3-5(1-12-15)13-8(18)6-2-11-10(20)14-9(6)19/h1-3H,4H2,(H,13,18)(H,16,17)(H2,11,14,19,20). The normalized spacial score (nSPS) is 10.2. The van der Waals surface area contributed by atoms with Crippen LogP contribution < -0.4 is 16.6 Å². The number of nitrogens with one attached hydrogen (secondary N) is 3. The van der Waals surface area contributed by atoms with Crippen molar-refractivity contribution < 1.29 is 14.7 Å². The Morgan fingerprint density at radius 2 is 2.15 bits per heavy atom. The quantitative estimate of drug-likeness (QED) is 0.540. The minimum absolute atomic E-state index is 0.224. The van der Waals surface area contributed by atoms with Crippen LogP contribution in [0.15, 0.2) is 28.2 Å². The van der Waals surface area contributed by atoms with Gasteiger partial charge in [0.05, 0.1) is 11.9 Å². The molecular weight excluding hydrogens is 270 g/mol. The summed E-state index contributed by atoms with van der Waals surface area (Å²) in [6.45, 7) is -0.352. The van der Waals surface area contributed by atoms with E-state index in [0.717, 1.165) is 10.9 Å². The van der Waals surface area contributed by atoms with Crippen molar-refractivity contribution in [2.45, 2.75) is 6.54 Å². The zero-order valence-electron chi connectivity index (χ0n) is 9.91. The number of carboxylic acids is 1. The van der Waals surface area contributed by atoms with Crippen molar-refractivity contribution in [1.29, 1.82) is 0 Å². The second kappa shape index (κ2) is 5.22. The Bertz CT molecular complexity index is 771. The van der Waals surface area contributed by atoms with Gasteiger partial charge in [-0.25, -0.2) is 4.79 Å². The number of rotatable bonds is 4. The van der Waals surface area contributed by atoms with Crippen LogP contribution in [-0.2, 0) is 11.3 Å². The molecule has 0 aromatic carbocycles. The monoisotopic (exact) mass is 279 g/mol. The van der Waals surface area contributed by atoms with Gasteiger partial charge in [0.15, 0.2) is 0 Å². The van der Waals surface area contributed by atoms with E-state index in [9.17, 15) is 19.2 Å². The van der Waals surface area contributed by atoms with Gasteiger partial charge in [0.2, 0.25) is 0 Å². The van der Waals surface area contributed by atoms with Gasteiger partial charge in [0, 0.05) is 12.4 Å². The van der Waals surface area contributed by atoms with Crippen LogP contribution in [0.4, 0.5) is 5.69 Å². The number of carbonyl (C=O) groups excluding carboxylic acids is 1. The van der Waals surface area contributed by atoms with Crippen LogP contribution in [0.1, 0.15) is 10.4 Å². The summed E-state index contributed by atoms with van der Waals surface area (Å²) < 4.78 is 1.11. The number of hydrogen-bond acceptors (Lipinski definition) is 5. The smallest absolute Gasteiger partial charge is 0.325 e. The number of amides is 1. The van der Waals surface area contributed by atoms with Gasteiger partial charge in [-0.3, -0.25) is 24.0 Å². The second-order valence-electron chi connectivity index (χ2n) is 3.76. The number of aromatic amines is 2. The summed E-state index contributed by atoms with van der Waals surface area (Å²) >= 11 is 0. The maximum absolute atomic E-state index is 11.8. The van der Waals surface area contributed by atoms with Crippen molar-refractivity contribution in [3.8, 4) is 0 Å². The average Bonchev–Trinajstić information content (AvgIpc) is 2.75. The molecule has 0 fully saturated rings. The molecule has 0 aliphatic carbocycles. The molecule has 0 aliphatic heterocycles. The first-order chi connectivity index (χ1) is 9.45. The van der Waals surface area contributed by atoms with Gasteiger partial charge < -0.3 is 15.4 Å². The molecule has 2 aromatic rings. The molecule has 20 heavy (non-hydrogen) atoms. The summed E-state index contributed by atoms with van der Waals surface area (Å²) in [5.74, 6) is -1.83. The van der Waals surface area contributed by atoms with Gasteiger partial charge in [0.25, 0.3) is 11.5 Å². The third-order valence-corrected chi connectivity index (χ3v) is 2.25. The molecule has 1 amide bonds. The van der Waals surface area contributed by atoms with Crippen LogP contribution in [-0.4, -0.2) is 36.7 Å². The molecule has 104 valence electrons. The van der Waals surface area contributed by atoms with E-state index < -0.39 is 23.1 Å². The average molecular weight is 279 g/mol. The highest BCUT2D eigenvalue weighted by Gasteiger charge is 2.12. The first kappa shape index (κ1) is 13.3. The molecule has 10 nitrogen and oxygen atoms in total. The number of carboxylic acid groups (broad SMARTS) is 1. The molecule has 0 saturated carbocycles. The van der Waals surface area contributed by atoms with Crippen molar-refractivity contribution >= 4 is 17.6 Å². The summed E-state index contributed by atoms with van der Waals surface area (Å²) in [7, 11) is 0. The Morgan fingerprint density at radius 3 is 2.80 bits per heavy atom. The summed E-state index contributed by atoms with van der Waals surface area (Å²) in [4.78, 5) is 48.5. The molecule has 0 radical (unpaired) electrons. The number of anilines is 1. The summed E-state index contributed by atoms with van der Waals surface area (Å²) in [6.07, 6.45) is 3.52. The van der Waals surface area contributed by atoms with Crippen LogP contribution >= 0.6 is 0 Å². The molecule has 0 saturated heterocycles. The highest BCUT2D eigenvalue weighted by molar-refractivity contribution is 6.03. The Kier molecular flexibility index (Phi) is 3.46. The number of aromatic nitrogens is 4. The highest BCUT2D eigenvalue weighted by atomic mass is 16.4. The lowest BCUT2D eigenvalue weighted by Crippen LogP contribution is -2.29. The van der Waals surface area contributed by atoms with E-state index in [1.807, 2.05) is 4.98 Å². The number of hydrogen-bond donors (Lipinski definition) is 4. The van der Waals surface area contributed by atoms with Crippen molar-refractivity contribution in [2.75, 3.05) is 5.32 Å². The number of carbonyl (C=O) groups is 2. The summed E-state index contributed by atoms with van der Waals surface area (Å²) in [6, 6.07) is 0. The second-order valence-corrected chi connectivity index (χ2v) is 3.76. The predicted molar refractivity (Wildman–Crippen MR) is 65.5 cm³/mol. The number of H-pyrrole nitrogens is 2. The van der Waals surface area contributed by atoms with E-state index in [-0.39, 0.29) is 17.8 Å². The lowest BCUT2D eigenvalue weighted by atomic mass is 10.3. The van der Waals surface area contributed by atoms with Gasteiger partial charge in [0.1, 0.15) is 12.1 Å². The molecule has 10 heteroatoms. The molecule has 0 aliphatic rings. The molecule has 0 atom stereocenters. The minimum atomic E-state index is -1.08. The molecule has 4 N–H and O–H groups in total. The Morgan fingerprint density at radius 1 is 1.40 bits per heavy atom. The fourth-order valence-corrected chi connectivity index (χ4v) is 1.43. The zero-order valence-corrected chi connectivity index (χ0v) is 9.91. The Balaban J connectivity index is 2.15. The third-order valence-electron chi connectivity index (χ3n) is 2.25. The van der Waals surface area contributed by atoms with E-state index >= 15 is 0 Å². The van der Waals surface area contributed by atoms with Gasteiger partial charge in [-0.15, -0.1) is 0 Å². The number of aliphatic carboxylic acids is 1. The molecule has 0 bridgehead atoms. The van der Waals surface area contributed by atoms with Crippen molar-refractivity contribution in [3.05, 3.63) is 45.0 Å². The number of nitrogens with zero attached hydrogens (tertiary/aromatic N) is 2. The van der Waals surface area contributed by atoms with E-state index in [4.69, 9.17) is 5.11 Å². The van der Waals surface area contributed by atoms with E-state index in [0.29, 0.717) is 0 Å². The van der Waals surface area contributed by atoms with Crippen molar-refractivity contribution in [1.82, 2.24) is 19.7 Å². The third kappa shape index (κ3) is 2.98. The van der Waals surface area contributed by atoms with Crippen molar-refractivity contribution in [3.63, 3.8) is 0 Å². The van der Waals surface area contributed by atoms with Crippen LogP contribution in [0.25, 0.3) is 0 Å². The lowest BCUT2D eigenvalue weighted by Gasteiger charge is -2.00. The maximum atomic E-state index is 11.8. The van der Waals surface area contributed by atoms with E-state index in [1.54, 1.807) is 0 Å². The molecule has 0 unspecified atom stereocenters. The molecule has 2 rings (SSSR count). The summed E-state index contributed by atoms with van der Waals surface area (Å²) in [5.41, 5.74) is -1.61. The highest BCUT2D eigenvalue weighted by Crippen LogP contribution is 2.05.